The number of H-pyrrole nitrogens is 1. The number of hydrogen-bond acceptors (Lipinski definition) is 3. The summed E-state index contributed by atoms with van der Waals surface area (Å²) in [6.45, 7) is 7.06. The summed E-state index contributed by atoms with van der Waals surface area (Å²) in [5.74, 6) is 0.950. The van der Waals surface area contributed by atoms with Gasteiger partial charge in [-0.05, 0) is 19.3 Å². The van der Waals surface area contributed by atoms with Crippen LogP contribution >= 0.6 is 11.6 Å². The number of unbranched alkanes of at least 4 members (excludes halogenated alkanes) is 1. The van der Waals surface area contributed by atoms with E-state index in [1.165, 1.54) is 0 Å². The van der Waals surface area contributed by atoms with Crippen molar-refractivity contribution < 1.29 is 5.11 Å². The van der Waals surface area contributed by atoms with Crippen molar-refractivity contribution in [1.29, 1.82) is 0 Å². The van der Waals surface area contributed by atoms with Gasteiger partial charge in [-0.15, -0.1) is 0 Å². The first kappa shape index (κ1) is 16.5. The summed E-state index contributed by atoms with van der Waals surface area (Å²) in [6.07, 6.45) is 4.96. The van der Waals surface area contributed by atoms with Gasteiger partial charge in [-0.25, -0.2) is 4.98 Å². The fourth-order valence-corrected chi connectivity index (χ4v) is 2.29. The minimum absolute atomic E-state index is 0.133. The van der Waals surface area contributed by atoms with Gasteiger partial charge in [0.25, 0.3) is 0 Å². The molecule has 0 fully saturated rings. The molecule has 0 saturated carbocycles. The summed E-state index contributed by atoms with van der Waals surface area (Å²) in [5.41, 5.74) is 0.686. The Morgan fingerprint density at radius 2 is 2.00 bits per heavy atom. The van der Waals surface area contributed by atoms with Crippen LogP contribution in [0.1, 0.15) is 58.0 Å². The van der Waals surface area contributed by atoms with Gasteiger partial charge in [0.05, 0.1) is 12.3 Å². The Morgan fingerprint density at radius 3 is 2.53 bits per heavy atom. The molecule has 0 saturated heterocycles. The highest BCUT2D eigenvalue weighted by atomic mass is 35.5. The normalized spacial score (nSPS) is 12.1. The van der Waals surface area contributed by atoms with Crippen molar-refractivity contribution in [2.75, 3.05) is 6.61 Å². The third-order valence-corrected chi connectivity index (χ3v) is 4.15. The number of hydrogen-bond donors (Lipinski definition) is 3. The van der Waals surface area contributed by atoms with Crippen LogP contribution in [0.4, 0.5) is 0 Å². The maximum Gasteiger partial charge on any atom is 0.151 e. The second-order valence-electron chi connectivity index (χ2n) is 5.06. The summed E-state index contributed by atoms with van der Waals surface area (Å²) in [5, 5.41) is 13.5. The Morgan fingerprint density at radius 1 is 1.32 bits per heavy atom. The zero-order valence-electron chi connectivity index (χ0n) is 12.2. The highest BCUT2D eigenvalue weighted by molar-refractivity contribution is 6.30. The maximum atomic E-state index is 9.52. The van der Waals surface area contributed by atoms with Crippen LogP contribution in [0.2, 0.25) is 5.15 Å². The Balaban J connectivity index is 2.64. The van der Waals surface area contributed by atoms with Crippen LogP contribution in [0.25, 0.3) is 0 Å². The Labute approximate surface area is 121 Å². The van der Waals surface area contributed by atoms with E-state index in [1.54, 1.807) is 0 Å². The number of nitrogens with zero attached hydrogens (tertiary/aromatic N) is 1. The van der Waals surface area contributed by atoms with Crippen LogP contribution in [-0.2, 0) is 13.0 Å². The summed E-state index contributed by atoms with van der Waals surface area (Å²) in [7, 11) is 0. The highest BCUT2D eigenvalue weighted by Crippen LogP contribution is 2.18. The molecule has 1 aromatic rings. The van der Waals surface area contributed by atoms with E-state index in [9.17, 15) is 5.11 Å². The van der Waals surface area contributed by atoms with Crippen molar-refractivity contribution >= 4 is 11.6 Å². The van der Waals surface area contributed by atoms with Gasteiger partial charge < -0.3 is 15.4 Å². The molecule has 0 spiro atoms. The number of aromatic amines is 1. The number of aliphatic hydroxyl groups excluding tert-OH is 1. The zero-order chi connectivity index (χ0) is 14.3. The minimum atomic E-state index is -0.224. The van der Waals surface area contributed by atoms with Crippen molar-refractivity contribution in [2.24, 2.45) is 0 Å². The van der Waals surface area contributed by atoms with E-state index in [0.717, 1.165) is 43.6 Å². The average molecular weight is 288 g/mol. The Hall–Kier alpha value is -0.580. The largest absolute Gasteiger partial charge is 0.394 e. The predicted octanol–water partition coefficient (Wildman–Crippen LogP) is 3.05. The second kappa shape index (κ2) is 7.88. The van der Waals surface area contributed by atoms with Crippen LogP contribution < -0.4 is 5.32 Å². The number of aliphatic hydroxyl groups is 1. The minimum Gasteiger partial charge on any atom is -0.394 e. The molecular weight excluding hydrogens is 262 g/mol. The van der Waals surface area contributed by atoms with Gasteiger partial charge in [-0.3, -0.25) is 0 Å². The molecule has 0 aliphatic heterocycles. The molecule has 0 amide bonds. The van der Waals surface area contributed by atoms with E-state index in [2.05, 4.69) is 36.1 Å². The van der Waals surface area contributed by atoms with Crippen molar-refractivity contribution in [3.63, 3.8) is 0 Å². The van der Waals surface area contributed by atoms with E-state index in [4.69, 9.17) is 11.6 Å². The third-order valence-electron chi connectivity index (χ3n) is 3.84. The molecule has 0 bridgehead atoms. The first-order chi connectivity index (χ1) is 9.10. The maximum absolute atomic E-state index is 9.52. The van der Waals surface area contributed by atoms with Crippen LogP contribution in [0.5, 0.6) is 0 Å². The molecule has 0 aliphatic carbocycles. The molecule has 1 aromatic heterocycles. The molecule has 110 valence electrons. The molecule has 0 unspecified atom stereocenters. The van der Waals surface area contributed by atoms with E-state index < -0.39 is 0 Å². The average Bonchev–Trinajstić information content (AvgIpc) is 2.79. The van der Waals surface area contributed by atoms with Gasteiger partial charge >= 0.3 is 0 Å². The lowest BCUT2D eigenvalue weighted by Gasteiger charge is -2.30. The summed E-state index contributed by atoms with van der Waals surface area (Å²) in [4.78, 5) is 7.61. The lowest BCUT2D eigenvalue weighted by atomic mass is 9.94. The fraction of sp³-hybridized carbons (Fsp3) is 0.786. The van der Waals surface area contributed by atoms with Crippen molar-refractivity contribution in [2.45, 2.75) is 65.0 Å². The quantitative estimate of drug-likeness (QED) is 0.654. The summed E-state index contributed by atoms with van der Waals surface area (Å²) in [6, 6.07) is 0. The van der Waals surface area contributed by atoms with Crippen molar-refractivity contribution in [3.8, 4) is 0 Å². The number of aromatic nitrogens is 2. The van der Waals surface area contributed by atoms with Crippen LogP contribution in [0.15, 0.2) is 0 Å². The predicted molar refractivity (Wildman–Crippen MR) is 79.4 cm³/mol. The molecule has 5 heteroatoms. The Bertz CT molecular complexity index is 367. The number of nitrogens with one attached hydrogen (secondary N) is 2. The van der Waals surface area contributed by atoms with Gasteiger partial charge in [-0.2, -0.15) is 0 Å². The molecule has 19 heavy (non-hydrogen) atoms. The molecule has 0 radical (unpaired) electrons. The topological polar surface area (TPSA) is 60.9 Å². The van der Waals surface area contributed by atoms with Gasteiger partial charge in [-0.1, -0.05) is 38.8 Å². The van der Waals surface area contributed by atoms with E-state index in [1.807, 2.05) is 0 Å². The van der Waals surface area contributed by atoms with E-state index in [-0.39, 0.29) is 12.1 Å². The summed E-state index contributed by atoms with van der Waals surface area (Å²) < 4.78 is 0. The monoisotopic (exact) mass is 287 g/mol. The fourth-order valence-electron chi connectivity index (χ4n) is 2.07. The van der Waals surface area contributed by atoms with Gasteiger partial charge in [0.15, 0.2) is 5.15 Å². The number of aryl methyl sites for hydroxylation is 1. The van der Waals surface area contributed by atoms with Crippen LogP contribution in [0.3, 0.4) is 0 Å². The SMILES string of the molecule is CCCCc1nc(Cl)c(CNC(CC)(CC)CO)[nH]1. The molecule has 0 atom stereocenters. The molecule has 0 aliphatic rings. The van der Waals surface area contributed by atoms with Gasteiger partial charge in [0.2, 0.25) is 0 Å². The highest BCUT2D eigenvalue weighted by Gasteiger charge is 2.24. The number of imidazole rings is 1. The van der Waals surface area contributed by atoms with Crippen LogP contribution in [-0.4, -0.2) is 27.2 Å². The van der Waals surface area contributed by atoms with Crippen molar-refractivity contribution in [1.82, 2.24) is 15.3 Å². The lowest BCUT2D eigenvalue weighted by molar-refractivity contribution is 0.149. The lowest BCUT2D eigenvalue weighted by Crippen LogP contribution is -2.47. The zero-order valence-corrected chi connectivity index (χ0v) is 13.0. The number of halogens is 1. The van der Waals surface area contributed by atoms with E-state index >= 15 is 0 Å². The summed E-state index contributed by atoms with van der Waals surface area (Å²) >= 11 is 6.14. The van der Waals surface area contributed by atoms with Gasteiger partial charge in [0.1, 0.15) is 5.82 Å². The molecular formula is C14H26ClN3O. The van der Waals surface area contributed by atoms with Crippen LogP contribution in [0, 0.1) is 0 Å². The number of rotatable bonds is 9. The first-order valence-electron chi connectivity index (χ1n) is 7.20. The van der Waals surface area contributed by atoms with Crippen molar-refractivity contribution in [3.05, 3.63) is 16.7 Å². The molecule has 0 aromatic carbocycles. The first-order valence-corrected chi connectivity index (χ1v) is 7.57. The third kappa shape index (κ3) is 4.48. The smallest absolute Gasteiger partial charge is 0.151 e. The van der Waals surface area contributed by atoms with Gasteiger partial charge in [0, 0.05) is 18.5 Å². The molecule has 1 heterocycles. The molecule has 4 nitrogen and oxygen atoms in total. The molecule has 3 N–H and O–H groups in total. The van der Waals surface area contributed by atoms with E-state index in [0.29, 0.717) is 11.7 Å². The Kier molecular flexibility index (Phi) is 6.83. The molecule has 1 rings (SSSR count). The standard InChI is InChI=1S/C14H26ClN3O/c1-4-7-8-12-17-11(13(15)18-12)9-16-14(5-2,6-3)10-19/h16,19H,4-10H2,1-3H3,(H,17,18). The second-order valence-corrected chi connectivity index (χ2v) is 5.41.